The summed E-state index contributed by atoms with van der Waals surface area (Å²) in [5.41, 5.74) is -0.597. The van der Waals surface area contributed by atoms with Gasteiger partial charge in [-0.1, -0.05) is 11.6 Å². The zero-order valence-corrected chi connectivity index (χ0v) is 12.0. The molecule has 0 atom stereocenters. The van der Waals surface area contributed by atoms with Gasteiger partial charge in [-0.25, -0.2) is 17.2 Å². The zero-order valence-electron chi connectivity index (χ0n) is 10.5. The fourth-order valence-electron chi connectivity index (χ4n) is 1.46. The Morgan fingerprint density at radius 3 is 2.52 bits per heavy atom. The summed E-state index contributed by atoms with van der Waals surface area (Å²) in [5.74, 6) is -2.66. The van der Waals surface area contributed by atoms with Crippen molar-refractivity contribution >= 4 is 33.2 Å². The fourth-order valence-corrected chi connectivity index (χ4v) is 2.59. The van der Waals surface area contributed by atoms with E-state index in [-0.39, 0.29) is 16.5 Å². The van der Waals surface area contributed by atoms with Gasteiger partial charge in [0.2, 0.25) is 0 Å². The van der Waals surface area contributed by atoms with Gasteiger partial charge in [-0.2, -0.15) is 5.10 Å². The van der Waals surface area contributed by atoms with E-state index in [4.69, 9.17) is 11.6 Å². The molecule has 21 heavy (non-hydrogen) atoms. The van der Waals surface area contributed by atoms with Crippen LogP contribution in [0.5, 0.6) is 0 Å². The predicted octanol–water partition coefficient (Wildman–Crippen LogP) is 1.87. The number of carbonyl (C=O) groups excluding carboxylic acids is 1. The number of nitrogens with zero attached hydrogens (tertiary/aromatic N) is 2. The maximum absolute atomic E-state index is 13.4. The quantitative estimate of drug-likeness (QED) is 0.928. The average molecular weight is 336 g/mol. The molecule has 2 rings (SSSR count). The lowest BCUT2D eigenvalue weighted by Gasteiger charge is -2.04. The van der Waals surface area contributed by atoms with Crippen LogP contribution in [-0.2, 0) is 10.0 Å². The molecule has 6 nitrogen and oxygen atoms in total. The minimum Gasteiger partial charge on any atom is -0.318 e. The van der Waals surface area contributed by atoms with Crippen molar-refractivity contribution < 1.29 is 22.0 Å². The first-order valence-electron chi connectivity index (χ1n) is 5.41. The van der Waals surface area contributed by atoms with Gasteiger partial charge in [0.25, 0.3) is 15.9 Å². The van der Waals surface area contributed by atoms with Gasteiger partial charge >= 0.3 is 0 Å². The van der Waals surface area contributed by atoms with Gasteiger partial charge in [0.1, 0.15) is 16.8 Å². The maximum Gasteiger partial charge on any atom is 0.276 e. The summed E-state index contributed by atoms with van der Waals surface area (Å²) in [6.07, 6.45) is 0.854. The molecule has 1 aromatic carbocycles. The standard InChI is InChI=1S/C11H8ClF2N3O3S/c1-21(19,20)17-10(12)5-9(16-17)11(18)15-8-3-2-6(13)4-7(8)14/h2-5H,1H3,(H,15,18). The first-order chi connectivity index (χ1) is 9.68. The highest BCUT2D eigenvalue weighted by Gasteiger charge is 2.19. The molecule has 0 bridgehead atoms. The second-order valence-electron chi connectivity index (χ2n) is 4.04. The summed E-state index contributed by atoms with van der Waals surface area (Å²) in [6.45, 7) is 0. The normalized spacial score (nSPS) is 11.4. The molecule has 112 valence electrons. The number of amides is 1. The number of hydrogen-bond acceptors (Lipinski definition) is 4. The fraction of sp³-hybridized carbons (Fsp3) is 0.0909. The first-order valence-corrected chi connectivity index (χ1v) is 7.63. The average Bonchev–Trinajstić information content (AvgIpc) is 2.75. The van der Waals surface area contributed by atoms with Crippen molar-refractivity contribution in [1.29, 1.82) is 0 Å². The van der Waals surface area contributed by atoms with Crippen LogP contribution in [0.2, 0.25) is 5.15 Å². The van der Waals surface area contributed by atoms with Gasteiger partial charge in [-0.15, -0.1) is 4.09 Å². The van der Waals surface area contributed by atoms with Crippen molar-refractivity contribution in [2.45, 2.75) is 0 Å². The second-order valence-corrected chi connectivity index (χ2v) is 6.24. The van der Waals surface area contributed by atoms with Gasteiger partial charge in [0, 0.05) is 12.1 Å². The SMILES string of the molecule is CS(=O)(=O)n1nc(C(=O)Nc2ccc(F)cc2F)cc1Cl. The summed E-state index contributed by atoms with van der Waals surface area (Å²) in [6, 6.07) is 3.59. The van der Waals surface area contributed by atoms with E-state index in [1.165, 1.54) is 0 Å². The van der Waals surface area contributed by atoms with Crippen LogP contribution in [0, 0.1) is 11.6 Å². The number of halogens is 3. The van der Waals surface area contributed by atoms with E-state index in [0.717, 1.165) is 24.5 Å². The van der Waals surface area contributed by atoms with Crippen LogP contribution in [0.3, 0.4) is 0 Å². The molecule has 0 aliphatic heterocycles. The Balaban J connectivity index is 2.29. The molecule has 0 aliphatic carbocycles. The van der Waals surface area contributed by atoms with Crippen molar-refractivity contribution in [3.8, 4) is 0 Å². The van der Waals surface area contributed by atoms with E-state index in [9.17, 15) is 22.0 Å². The minimum atomic E-state index is -3.76. The van der Waals surface area contributed by atoms with Crippen LogP contribution in [0.4, 0.5) is 14.5 Å². The predicted molar refractivity (Wildman–Crippen MR) is 71.8 cm³/mol. The molecule has 1 aromatic heterocycles. The van der Waals surface area contributed by atoms with E-state index < -0.39 is 27.6 Å². The van der Waals surface area contributed by atoms with Crippen molar-refractivity contribution in [2.24, 2.45) is 0 Å². The molecule has 1 amide bonds. The van der Waals surface area contributed by atoms with Gasteiger partial charge < -0.3 is 5.32 Å². The Hall–Kier alpha value is -2.00. The van der Waals surface area contributed by atoms with Gasteiger partial charge in [-0.05, 0) is 12.1 Å². The maximum atomic E-state index is 13.4. The summed E-state index contributed by atoms with van der Waals surface area (Å²) < 4.78 is 49.2. The summed E-state index contributed by atoms with van der Waals surface area (Å²) in [5, 5.41) is 5.36. The molecule has 1 N–H and O–H groups in total. The Bertz CT molecular complexity index is 820. The largest absolute Gasteiger partial charge is 0.318 e. The minimum absolute atomic E-state index is 0.272. The van der Waals surface area contributed by atoms with Crippen LogP contribution < -0.4 is 5.32 Å². The van der Waals surface area contributed by atoms with E-state index in [2.05, 4.69) is 10.4 Å². The van der Waals surface area contributed by atoms with Crippen LogP contribution in [-0.4, -0.2) is 29.8 Å². The molecule has 10 heteroatoms. The van der Waals surface area contributed by atoms with Gasteiger partial charge in [-0.3, -0.25) is 4.79 Å². The number of rotatable bonds is 3. The third kappa shape index (κ3) is 3.37. The Kier molecular flexibility index (Phi) is 3.97. The second kappa shape index (κ2) is 5.41. The molecule has 0 fully saturated rings. The molecule has 0 radical (unpaired) electrons. The lowest BCUT2D eigenvalue weighted by molar-refractivity contribution is 0.102. The molecule has 0 saturated heterocycles. The molecule has 0 unspecified atom stereocenters. The Morgan fingerprint density at radius 2 is 2.00 bits per heavy atom. The lowest BCUT2D eigenvalue weighted by Crippen LogP contribution is -2.16. The van der Waals surface area contributed by atoms with Crippen molar-refractivity contribution in [3.63, 3.8) is 0 Å². The van der Waals surface area contributed by atoms with Gasteiger partial charge in [0.15, 0.2) is 5.69 Å². The highest BCUT2D eigenvalue weighted by molar-refractivity contribution is 7.89. The van der Waals surface area contributed by atoms with E-state index >= 15 is 0 Å². The van der Waals surface area contributed by atoms with E-state index in [1.807, 2.05) is 0 Å². The summed E-state index contributed by atoms with van der Waals surface area (Å²) in [4.78, 5) is 11.8. The Labute approximate surface area is 123 Å². The monoisotopic (exact) mass is 335 g/mol. The van der Waals surface area contributed by atoms with Crippen molar-refractivity contribution in [1.82, 2.24) is 9.19 Å². The number of nitrogens with one attached hydrogen (secondary N) is 1. The highest BCUT2D eigenvalue weighted by atomic mass is 35.5. The van der Waals surface area contributed by atoms with Gasteiger partial charge in [0.05, 0.1) is 11.9 Å². The summed E-state index contributed by atoms with van der Waals surface area (Å²) >= 11 is 5.65. The molecule has 0 saturated carbocycles. The first kappa shape index (κ1) is 15.4. The zero-order chi connectivity index (χ0) is 15.8. The number of aromatic nitrogens is 2. The van der Waals surface area contributed by atoms with E-state index in [0.29, 0.717) is 10.2 Å². The topological polar surface area (TPSA) is 81.1 Å². The molecular formula is C11H8ClF2N3O3S. The smallest absolute Gasteiger partial charge is 0.276 e. The van der Waals surface area contributed by atoms with Crippen LogP contribution in [0.25, 0.3) is 0 Å². The summed E-state index contributed by atoms with van der Waals surface area (Å²) in [7, 11) is -3.76. The number of carbonyl (C=O) groups is 1. The van der Waals surface area contributed by atoms with Crippen molar-refractivity contribution in [2.75, 3.05) is 11.6 Å². The number of hydrogen-bond donors (Lipinski definition) is 1. The molecule has 2 aromatic rings. The van der Waals surface area contributed by atoms with Crippen LogP contribution in [0.1, 0.15) is 10.5 Å². The lowest BCUT2D eigenvalue weighted by atomic mass is 10.3. The third-order valence-corrected chi connectivity index (χ3v) is 3.64. The molecule has 1 heterocycles. The molecule has 0 aliphatic rings. The molecule has 0 spiro atoms. The highest BCUT2D eigenvalue weighted by Crippen LogP contribution is 2.18. The Morgan fingerprint density at radius 1 is 1.33 bits per heavy atom. The van der Waals surface area contributed by atoms with Crippen LogP contribution >= 0.6 is 11.6 Å². The van der Waals surface area contributed by atoms with E-state index in [1.54, 1.807) is 0 Å². The van der Waals surface area contributed by atoms with Crippen molar-refractivity contribution in [3.05, 3.63) is 46.7 Å². The number of anilines is 1. The van der Waals surface area contributed by atoms with Crippen LogP contribution in [0.15, 0.2) is 24.3 Å². The molecular weight excluding hydrogens is 328 g/mol. The third-order valence-electron chi connectivity index (χ3n) is 2.36. The number of benzene rings is 1.